The van der Waals surface area contributed by atoms with Gasteiger partial charge in [-0.15, -0.1) is 11.3 Å². The van der Waals surface area contributed by atoms with Crippen molar-refractivity contribution in [2.45, 2.75) is 25.9 Å². The van der Waals surface area contributed by atoms with Crippen LogP contribution >= 0.6 is 11.3 Å². The minimum absolute atomic E-state index is 0.104. The van der Waals surface area contributed by atoms with Crippen LogP contribution in [-0.2, 0) is 11.2 Å². The van der Waals surface area contributed by atoms with E-state index in [4.69, 9.17) is 4.74 Å². The molecule has 1 N–H and O–H groups in total. The fourth-order valence-corrected chi connectivity index (χ4v) is 3.26. The van der Waals surface area contributed by atoms with E-state index in [1.165, 1.54) is 0 Å². The molecule has 2 unspecified atom stereocenters. The maximum atomic E-state index is 9.66. The van der Waals surface area contributed by atoms with E-state index in [0.29, 0.717) is 0 Å². The molecule has 0 aliphatic carbocycles. The molecule has 1 aliphatic rings. The second kappa shape index (κ2) is 4.08. The fourth-order valence-electron chi connectivity index (χ4n) is 2.54. The molecule has 4 nitrogen and oxygen atoms in total. The largest absolute Gasteiger partial charge is 0.396 e. The second-order valence-corrected chi connectivity index (χ2v) is 5.66. The minimum Gasteiger partial charge on any atom is -0.396 e. The molecule has 0 saturated carbocycles. The van der Waals surface area contributed by atoms with Crippen molar-refractivity contribution in [1.29, 1.82) is 0 Å². The van der Waals surface area contributed by atoms with Gasteiger partial charge >= 0.3 is 0 Å². The molecule has 5 heteroatoms. The van der Waals surface area contributed by atoms with Gasteiger partial charge in [0.25, 0.3) is 0 Å². The zero-order valence-corrected chi connectivity index (χ0v) is 10.6. The quantitative estimate of drug-likeness (QED) is 0.905. The zero-order chi connectivity index (χ0) is 11.9. The van der Waals surface area contributed by atoms with E-state index in [-0.39, 0.29) is 18.1 Å². The Hall–Kier alpha value is -0.910. The molecule has 1 fully saturated rings. The molecule has 1 saturated heterocycles. The molecule has 0 amide bonds. The third-order valence-corrected chi connectivity index (χ3v) is 4.59. The SMILES string of the molecule is CC1OCCC1(CO)Cc1cn2ccsc2n1. The fraction of sp³-hybridized carbons (Fsp3) is 0.583. The molecule has 3 rings (SSSR count). The van der Waals surface area contributed by atoms with Gasteiger partial charge in [-0.25, -0.2) is 4.98 Å². The van der Waals surface area contributed by atoms with Crippen molar-refractivity contribution in [3.05, 3.63) is 23.5 Å². The minimum atomic E-state index is -0.149. The molecule has 2 atom stereocenters. The number of fused-ring (bicyclic) bond motifs is 1. The lowest BCUT2D eigenvalue weighted by atomic mass is 9.78. The molecule has 3 heterocycles. The first kappa shape index (κ1) is 11.2. The number of rotatable bonds is 3. The number of hydrogen-bond donors (Lipinski definition) is 1. The summed E-state index contributed by atoms with van der Waals surface area (Å²) in [5.41, 5.74) is 0.896. The number of ether oxygens (including phenoxy) is 1. The molecule has 0 aromatic carbocycles. The highest BCUT2D eigenvalue weighted by Gasteiger charge is 2.41. The van der Waals surface area contributed by atoms with Gasteiger partial charge in [0, 0.05) is 36.2 Å². The lowest BCUT2D eigenvalue weighted by Gasteiger charge is -2.29. The lowest BCUT2D eigenvalue weighted by molar-refractivity contribution is 0.0267. The van der Waals surface area contributed by atoms with Gasteiger partial charge in [0.2, 0.25) is 0 Å². The first-order chi connectivity index (χ1) is 8.23. The Balaban J connectivity index is 1.88. The molecule has 92 valence electrons. The molecule has 17 heavy (non-hydrogen) atoms. The van der Waals surface area contributed by atoms with E-state index in [1.807, 2.05) is 29.1 Å². The topological polar surface area (TPSA) is 46.8 Å². The van der Waals surface area contributed by atoms with Crippen LogP contribution in [0.3, 0.4) is 0 Å². The van der Waals surface area contributed by atoms with Crippen LogP contribution < -0.4 is 0 Å². The van der Waals surface area contributed by atoms with Gasteiger partial charge in [-0.1, -0.05) is 0 Å². The predicted octanol–water partition coefficient (Wildman–Crippen LogP) is 1.73. The van der Waals surface area contributed by atoms with Crippen LogP contribution in [0.2, 0.25) is 0 Å². The summed E-state index contributed by atoms with van der Waals surface area (Å²) in [6.45, 7) is 2.95. The smallest absolute Gasteiger partial charge is 0.193 e. The standard InChI is InChI=1S/C12H16N2O2S/c1-9-12(8-15,2-4-16-9)6-10-7-14-3-5-17-11(14)13-10/h3,5,7,9,15H,2,4,6,8H2,1H3. The summed E-state index contributed by atoms with van der Waals surface area (Å²) in [4.78, 5) is 5.59. The van der Waals surface area contributed by atoms with E-state index in [2.05, 4.69) is 4.98 Å². The highest BCUT2D eigenvalue weighted by atomic mass is 32.1. The number of aliphatic hydroxyl groups excluding tert-OH is 1. The van der Waals surface area contributed by atoms with Crippen LogP contribution in [0.25, 0.3) is 4.96 Å². The van der Waals surface area contributed by atoms with E-state index in [9.17, 15) is 5.11 Å². The van der Waals surface area contributed by atoms with Gasteiger partial charge in [-0.3, -0.25) is 4.40 Å². The van der Waals surface area contributed by atoms with Crippen LogP contribution in [0.4, 0.5) is 0 Å². The Bertz CT molecular complexity index is 493. The Morgan fingerprint density at radius 1 is 1.71 bits per heavy atom. The molecule has 2 aromatic heterocycles. The summed E-state index contributed by atoms with van der Waals surface area (Å²) < 4.78 is 7.63. The summed E-state index contributed by atoms with van der Waals surface area (Å²) in [6, 6.07) is 0. The Morgan fingerprint density at radius 3 is 3.24 bits per heavy atom. The van der Waals surface area contributed by atoms with Crippen molar-refractivity contribution < 1.29 is 9.84 Å². The maximum Gasteiger partial charge on any atom is 0.193 e. The van der Waals surface area contributed by atoms with Gasteiger partial charge in [0.05, 0.1) is 18.4 Å². The summed E-state index contributed by atoms with van der Waals surface area (Å²) >= 11 is 1.63. The van der Waals surface area contributed by atoms with E-state index < -0.39 is 0 Å². The van der Waals surface area contributed by atoms with Gasteiger partial charge in [0.1, 0.15) is 0 Å². The van der Waals surface area contributed by atoms with E-state index in [1.54, 1.807) is 11.3 Å². The highest BCUT2D eigenvalue weighted by Crippen LogP contribution is 2.37. The third-order valence-electron chi connectivity index (χ3n) is 3.82. The molecular weight excluding hydrogens is 236 g/mol. The molecule has 1 aliphatic heterocycles. The van der Waals surface area contributed by atoms with Gasteiger partial charge in [-0.2, -0.15) is 0 Å². The molecule has 0 radical (unpaired) electrons. The Kier molecular flexibility index (Phi) is 2.69. The van der Waals surface area contributed by atoms with Crippen molar-refractivity contribution in [3.63, 3.8) is 0 Å². The Morgan fingerprint density at radius 2 is 2.59 bits per heavy atom. The second-order valence-electron chi connectivity index (χ2n) is 4.79. The van der Waals surface area contributed by atoms with Gasteiger partial charge < -0.3 is 9.84 Å². The highest BCUT2D eigenvalue weighted by molar-refractivity contribution is 7.15. The molecule has 2 aromatic rings. The van der Waals surface area contributed by atoms with Crippen LogP contribution in [-0.4, -0.2) is 33.8 Å². The summed E-state index contributed by atoms with van der Waals surface area (Å²) in [5, 5.41) is 11.7. The third kappa shape index (κ3) is 1.78. The van der Waals surface area contributed by atoms with E-state index in [0.717, 1.165) is 30.1 Å². The number of thiazole rings is 1. The number of hydrogen-bond acceptors (Lipinski definition) is 4. The lowest BCUT2D eigenvalue weighted by Crippen LogP contribution is -2.35. The zero-order valence-electron chi connectivity index (χ0n) is 9.80. The van der Waals surface area contributed by atoms with Gasteiger partial charge in [-0.05, 0) is 13.3 Å². The first-order valence-electron chi connectivity index (χ1n) is 5.87. The maximum absolute atomic E-state index is 9.66. The summed E-state index contributed by atoms with van der Waals surface area (Å²) in [6.07, 6.45) is 5.87. The average Bonchev–Trinajstić information content (AvgIpc) is 2.95. The van der Waals surface area contributed by atoms with Gasteiger partial charge in [0.15, 0.2) is 4.96 Å². The van der Waals surface area contributed by atoms with Crippen LogP contribution in [0.15, 0.2) is 17.8 Å². The number of aliphatic hydroxyl groups is 1. The number of aromatic nitrogens is 2. The summed E-state index contributed by atoms with van der Waals surface area (Å²) in [5.74, 6) is 0. The monoisotopic (exact) mass is 252 g/mol. The predicted molar refractivity (Wildman–Crippen MR) is 66.3 cm³/mol. The average molecular weight is 252 g/mol. The van der Waals surface area contributed by atoms with Crippen LogP contribution in [0.5, 0.6) is 0 Å². The molecular formula is C12H16N2O2S. The number of imidazole rings is 1. The van der Waals surface area contributed by atoms with Crippen molar-refractivity contribution in [2.75, 3.05) is 13.2 Å². The Labute approximate surface area is 104 Å². The molecule has 0 spiro atoms. The van der Waals surface area contributed by atoms with Crippen molar-refractivity contribution >= 4 is 16.3 Å². The normalized spacial score (nSPS) is 29.2. The van der Waals surface area contributed by atoms with Crippen LogP contribution in [0.1, 0.15) is 19.0 Å². The van der Waals surface area contributed by atoms with Crippen molar-refractivity contribution in [3.8, 4) is 0 Å². The summed E-state index contributed by atoms with van der Waals surface area (Å²) in [7, 11) is 0. The van der Waals surface area contributed by atoms with E-state index >= 15 is 0 Å². The van der Waals surface area contributed by atoms with Crippen LogP contribution in [0, 0.1) is 5.41 Å². The first-order valence-corrected chi connectivity index (χ1v) is 6.75. The number of nitrogens with zero attached hydrogens (tertiary/aromatic N) is 2. The van der Waals surface area contributed by atoms with Crippen molar-refractivity contribution in [1.82, 2.24) is 9.38 Å². The van der Waals surface area contributed by atoms with Crippen molar-refractivity contribution in [2.24, 2.45) is 5.41 Å². The molecule has 0 bridgehead atoms.